The highest BCUT2D eigenvalue weighted by Crippen LogP contribution is 1.92. The van der Waals surface area contributed by atoms with Gasteiger partial charge in [0, 0.05) is 7.74 Å². The smallest absolute Gasteiger partial charge is 0.0777 e. The van der Waals surface area contributed by atoms with E-state index in [2.05, 4.69) is 0 Å². The zero-order chi connectivity index (χ0) is 6.57. The Kier molecular flexibility index (Phi) is 4.01. The van der Waals surface area contributed by atoms with Gasteiger partial charge in [-0.15, -0.1) is 0 Å². The van der Waals surface area contributed by atoms with Crippen molar-refractivity contribution >= 4 is 14.9 Å². The number of nitrogens with two attached hydrogens (primary N) is 2. The third kappa shape index (κ3) is 2.38. The number of hydrogen-bond donors (Lipinski definition) is 2. The Morgan fingerprint density at radius 1 is 1.75 bits per heavy atom. The van der Waals surface area contributed by atoms with Crippen LogP contribution in [-0.2, 0) is 0 Å². The second-order valence-electron chi connectivity index (χ2n) is 1.98. The molecule has 0 heterocycles. The van der Waals surface area contributed by atoms with Gasteiger partial charge in [-0.2, -0.15) is 0 Å². The van der Waals surface area contributed by atoms with Gasteiger partial charge in [0.2, 0.25) is 0 Å². The zero-order valence-electron chi connectivity index (χ0n) is 5.17. The van der Waals surface area contributed by atoms with Crippen LogP contribution >= 0.6 is 0 Å². The van der Waals surface area contributed by atoms with Crippen LogP contribution in [0.3, 0.4) is 0 Å². The van der Waals surface area contributed by atoms with Gasteiger partial charge in [-0.25, -0.2) is 0 Å². The lowest BCUT2D eigenvalue weighted by Crippen LogP contribution is -2.38. The molecule has 0 aromatic heterocycles. The highest BCUT2D eigenvalue weighted by Gasteiger charge is 2.06. The van der Waals surface area contributed by atoms with Crippen molar-refractivity contribution in [2.24, 2.45) is 17.4 Å². The molecule has 0 bridgehead atoms. The van der Waals surface area contributed by atoms with Crippen molar-refractivity contribution in [3.05, 3.63) is 0 Å². The first-order valence-corrected chi connectivity index (χ1v) is 2.73. The first kappa shape index (κ1) is 8.05. The summed E-state index contributed by atoms with van der Waals surface area (Å²) in [6.07, 6.45) is 0. The van der Waals surface area contributed by atoms with E-state index >= 15 is 0 Å². The molecule has 2 nitrogen and oxygen atoms in total. The van der Waals surface area contributed by atoms with Gasteiger partial charge in [0.25, 0.3) is 0 Å². The van der Waals surface area contributed by atoms with E-state index in [-0.39, 0.29) is 5.94 Å². The van der Waals surface area contributed by atoms with Crippen molar-refractivity contribution in [1.29, 1.82) is 0 Å². The van der Waals surface area contributed by atoms with Gasteiger partial charge in [0.05, 0.1) is 7.17 Å². The molecule has 0 saturated carbocycles. The van der Waals surface area contributed by atoms with E-state index < -0.39 is 0 Å². The molecule has 0 spiro atoms. The molecule has 4 N–H and O–H groups in total. The maximum atomic E-state index is 5.47. The van der Waals surface area contributed by atoms with Crippen molar-refractivity contribution in [2.75, 3.05) is 6.54 Å². The van der Waals surface area contributed by atoms with Crippen LogP contribution in [0.2, 0.25) is 0 Å². The molecule has 0 aliphatic carbocycles. The van der Waals surface area contributed by atoms with Crippen molar-refractivity contribution in [2.45, 2.75) is 12.9 Å². The van der Waals surface area contributed by atoms with Crippen LogP contribution in [0.4, 0.5) is 0 Å². The molecule has 2 unspecified atom stereocenters. The summed E-state index contributed by atoms with van der Waals surface area (Å²) in [5.74, 6) is 0.236. The van der Waals surface area contributed by atoms with E-state index in [1.54, 1.807) is 0 Å². The van der Waals surface area contributed by atoms with Crippen LogP contribution < -0.4 is 11.5 Å². The highest BCUT2D eigenvalue weighted by atomic mass is 14.6. The monoisotopic (exact) mass is 109 g/mol. The minimum atomic E-state index is -0.0556. The highest BCUT2D eigenvalue weighted by molar-refractivity contribution is 6.90. The molecule has 0 fully saturated rings. The lowest BCUT2D eigenvalue weighted by atomic mass is 9.48. The van der Waals surface area contributed by atoms with Crippen LogP contribution in [0.25, 0.3) is 0 Å². The Morgan fingerprint density at radius 2 is 2.25 bits per heavy atom. The van der Waals surface area contributed by atoms with E-state index in [1.807, 2.05) is 6.92 Å². The molecule has 0 rings (SSSR count). The predicted molar refractivity (Wildman–Crippen MR) is 37.7 cm³/mol. The standard InChI is InChI=1S/C4H11B2N2/c1-3(2-7)4(8)6-5/h3-4H,2,7-8H2,1H3. The molecule has 3 radical (unpaired) electrons. The Balaban J connectivity index is 3.29. The van der Waals surface area contributed by atoms with E-state index in [0.29, 0.717) is 12.5 Å². The van der Waals surface area contributed by atoms with Crippen molar-refractivity contribution in [3.63, 3.8) is 0 Å². The summed E-state index contributed by atoms with van der Waals surface area (Å²) >= 11 is 0. The largest absolute Gasteiger partial charge is 0.336 e. The maximum Gasteiger partial charge on any atom is 0.0777 e. The fourth-order valence-electron chi connectivity index (χ4n) is 0.347. The lowest BCUT2D eigenvalue weighted by Gasteiger charge is -2.14. The first-order valence-electron chi connectivity index (χ1n) is 2.73. The van der Waals surface area contributed by atoms with Gasteiger partial charge in [-0.3, -0.25) is 0 Å². The second kappa shape index (κ2) is 3.98. The molecular formula is C4H11B2N2. The molecule has 8 heavy (non-hydrogen) atoms. The molecule has 43 valence electrons. The van der Waals surface area contributed by atoms with Gasteiger partial charge in [0.15, 0.2) is 0 Å². The summed E-state index contributed by atoms with van der Waals surface area (Å²) in [6.45, 7) is 2.56. The number of hydrogen-bond acceptors (Lipinski definition) is 2. The average Bonchev–Trinajstić information content (AvgIpc) is 1.84. The quantitative estimate of drug-likeness (QED) is 0.440. The molecule has 0 aromatic carbocycles. The molecule has 0 aliphatic rings. The molecule has 0 aromatic rings. The van der Waals surface area contributed by atoms with Gasteiger partial charge in [-0.1, -0.05) is 6.92 Å². The fourth-order valence-corrected chi connectivity index (χ4v) is 0.347. The van der Waals surface area contributed by atoms with Crippen LogP contribution in [0.15, 0.2) is 0 Å². The average molecular weight is 109 g/mol. The van der Waals surface area contributed by atoms with E-state index in [0.717, 1.165) is 0 Å². The molecule has 0 amide bonds. The maximum absolute atomic E-state index is 5.47. The molecule has 2 atom stereocenters. The summed E-state index contributed by atoms with van der Waals surface area (Å²) in [4.78, 5) is 0. The molecule has 4 heteroatoms. The lowest BCUT2D eigenvalue weighted by molar-refractivity contribution is 0.566. The summed E-state index contributed by atoms with van der Waals surface area (Å²) in [5, 5.41) is 0. The molecule has 0 aliphatic heterocycles. The summed E-state index contributed by atoms with van der Waals surface area (Å²) in [5.41, 5.74) is 10.8. The number of rotatable bonds is 3. The first-order chi connectivity index (χ1) is 3.72. The van der Waals surface area contributed by atoms with Gasteiger partial charge < -0.3 is 11.5 Å². The van der Waals surface area contributed by atoms with Crippen molar-refractivity contribution in [3.8, 4) is 0 Å². The van der Waals surface area contributed by atoms with Gasteiger partial charge in [0.1, 0.15) is 0 Å². The minimum Gasteiger partial charge on any atom is -0.336 e. The third-order valence-electron chi connectivity index (χ3n) is 1.25. The van der Waals surface area contributed by atoms with Gasteiger partial charge >= 0.3 is 0 Å². The van der Waals surface area contributed by atoms with E-state index in [4.69, 9.17) is 19.2 Å². The normalized spacial score (nSPS) is 17.4. The SMILES string of the molecule is [B][B]C(N)C(C)CN. The Labute approximate surface area is 52.6 Å². The molecular weight excluding hydrogens is 97.7 g/mol. The minimum absolute atomic E-state index is 0.0556. The zero-order valence-corrected chi connectivity index (χ0v) is 5.17. The summed E-state index contributed by atoms with van der Waals surface area (Å²) in [7, 11) is 6.61. The van der Waals surface area contributed by atoms with Crippen LogP contribution in [0.5, 0.6) is 0 Å². The van der Waals surface area contributed by atoms with Crippen LogP contribution in [0, 0.1) is 5.92 Å². The third-order valence-corrected chi connectivity index (χ3v) is 1.25. The topological polar surface area (TPSA) is 52.0 Å². The molecule has 0 saturated heterocycles. The van der Waals surface area contributed by atoms with E-state index in [9.17, 15) is 0 Å². The summed E-state index contributed by atoms with van der Waals surface area (Å²) < 4.78 is 0. The Bertz CT molecular complexity index is 52.0. The van der Waals surface area contributed by atoms with Crippen LogP contribution in [-0.4, -0.2) is 27.4 Å². The summed E-state index contributed by atoms with van der Waals surface area (Å²) in [6, 6.07) is 0. The van der Waals surface area contributed by atoms with Gasteiger partial charge in [-0.05, 0) is 18.4 Å². The second-order valence-corrected chi connectivity index (χ2v) is 1.98. The van der Waals surface area contributed by atoms with Crippen molar-refractivity contribution in [1.82, 2.24) is 0 Å². The van der Waals surface area contributed by atoms with E-state index in [1.165, 1.54) is 7.17 Å². The Morgan fingerprint density at radius 3 is 2.38 bits per heavy atom. The Hall–Kier alpha value is 0.0499. The van der Waals surface area contributed by atoms with Crippen molar-refractivity contribution < 1.29 is 0 Å². The fraction of sp³-hybridized carbons (Fsp3) is 1.00. The van der Waals surface area contributed by atoms with Crippen LogP contribution in [0.1, 0.15) is 6.92 Å². The predicted octanol–water partition coefficient (Wildman–Crippen LogP) is -1.35.